The molecule has 1 aromatic carbocycles. The number of carbonyl (C=O) groups is 1. The molecule has 0 aliphatic carbocycles. The first kappa shape index (κ1) is 12.3. The van der Waals surface area contributed by atoms with Crippen molar-refractivity contribution in [3.8, 4) is 5.75 Å². The van der Waals surface area contributed by atoms with Crippen LogP contribution in [0.15, 0.2) is 18.2 Å². The van der Waals surface area contributed by atoms with Crippen molar-refractivity contribution in [3.05, 3.63) is 23.8 Å². The van der Waals surface area contributed by atoms with Crippen LogP contribution in [-0.4, -0.2) is 34.5 Å². The molecule has 16 heavy (non-hydrogen) atoms. The molecule has 0 spiro atoms. The zero-order valence-electron chi connectivity index (χ0n) is 8.62. The number of methoxy groups -OCH3 is 1. The Morgan fingerprint density at radius 1 is 1.44 bits per heavy atom. The molecule has 0 heterocycles. The van der Waals surface area contributed by atoms with Gasteiger partial charge in [0.15, 0.2) is 6.10 Å². The second kappa shape index (κ2) is 4.82. The molecule has 0 bridgehead atoms. The molecule has 2 unspecified atom stereocenters. The van der Waals surface area contributed by atoms with Gasteiger partial charge in [-0.2, -0.15) is 0 Å². The Morgan fingerprint density at radius 3 is 2.56 bits per heavy atom. The van der Waals surface area contributed by atoms with Gasteiger partial charge in [0.05, 0.1) is 7.11 Å². The first-order chi connectivity index (χ1) is 7.47. The summed E-state index contributed by atoms with van der Waals surface area (Å²) < 4.78 is 4.93. The Balaban J connectivity index is 3.07. The summed E-state index contributed by atoms with van der Waals surface area (Å²) in [6.45, 7) is 0. The van der Waals surface area contributed by atoms with Gasteiger partial charge >= 0.3 is 5.97 Å². The Kier molecular flexibility index (Phi) is 3.70. The van der Waals surface area contributed by atoms with E-state index in [-0.39, 0.29) is 11.3 Å². The number of nitrogens with two attached hydrogens (primary N) is 1. The van der Waals surface area contributed by atoms with Crippen molar-refractivity contribution < 1.29 is 24.9 Å². The third-order valence-electron chi connectivity index (χ3n) is 2.13. The van der Waals surface area contributed by atoms with Crippen molar-refractivity contribution >= 4 is 11.7 Å². The van der Waals surface area contributed by atoms with E-state index < -0.39 is 18.2 Å². The predicted octanol–water partition coefficient (Wildman–Crippen LogP) is -0.244. The minimum absolute atomic E-state index is 0.173. The van der Waals surface area contributed by atoms with E-state index >= 15 is 0 Å². The lowest BCUT2D eigenvalue weighted by atomic mass is 10.0. The van der Waals surface area contributed by atoms with E-state index in [0.29, 0.717) is 5.69 Å². The zero-order chi connectivity index (χ0) is 12.3. The second-order valence-electron chi connectivity index (χ2n) is 3.23. The molecule has 5 N–H and O–H groups in total. The molecule has 0 aliphatic heterocycles. The number of carboxylic acids is 1. The van der Waals surface area contributed by atoms with Crippen LogP contribution >= 0.6 is 0 Å². The fourth-order valence-electron chi connectivity index (χ4n) is 1.28. The Hall–Kier alpha value is -1.79. The molecule has 6 nitrogen and oxygen atoms in total. The molecule has 2 atom stereocenters. The third-order valence-corrected chi connectivity index (χ3v) is 2.13. The van der Waals surface area contributed by atoms with Gasteiger partial charge in [0.2, 0.25) is 0 Å². The number of aliphatic hydroxyl groups is 2. The maximum atomic E-state index is 10.5. The first-order valence-corrected chi connectivity index (χ1v) is 4.49. The Morgan fingerprint density at radius 2 is 2.06 bits per heavy atom. The Bertz CT molecular complexity index is 393. The number of nitrogen functional groups attached to an aromatic ring is 1. The average Bonchev–Trinajstić information content (AvgIpc) is 2.26. The van der Waals surface area contributed by atoms with Gasteiger partial charge in [0, 0.05) is 17.3 Å². The molecule has 1 aromatic rings. The number of benzene rings is 1. The van der Waals surface area contributed by atoms with Crippen molar-refractivity contribution in [3.63, 3.8) is 0 Å². The van der Waals surface area contributed by atoms with E-state index in [1.807, 2.05) is 0 Å². The van der Waals surface area contributed by atoms with E-state index in [1.54, 1.807) is 0 Å². The maximum absolute atomic E-state index is 10.5. The standard InChI is InChI=1S/C10H13NO5/c1-16-7-4-5(11)2-3-6(7)8(12)9(13)10(14)15/h2-4,8-9,12-13H,11H2,1H3,(H,14,15). The highest BCUT2D eigenvalue weighted by Gasteiger charge is 2.27. The van der Waals surface area contributed by atoms with E-state index in [0.717, 1.165) is 0 Å². The zero-order valence-corrected chi connectivity index (χ0v) is 8.62. The molecule has 6 heteroatoms. The molecule has 1 rings (SSSR count). The number of aliphatic carboxylic acids is 1. The van der Waals surface area contributed by atoms with Crippen LogP contribution in [0.3, 0.4) is 0 Å². The number of rotatable bonds is 4. The van der Waals surface area contributed by atoms with E-state index in [9.17, 15) is 15.0 Å². The fraction of sp³-hybridized carbons (Fsp3) is 0.300. The summed E-state index contributed by atoms with van der Waals surface area (Å²) in [5.41, 5.74) is 6.09. The minimum Gasteiger partial charge on any atom is -0.496 e. The molecule has 0 fully saturated rings. The van der Waals surface area contributed by atoms with Gasteiger partial charge in [-0.15, -0.1) is 0 Å². The second-order valence-corrected chi connectivity index (χ2v) is 3.23. The summed E-state index contributed by atoms with van der Waals surface area (Å²) in [5, 5.41) is 27.4. The van der Waals surface area contributed by atoms with Crippen LogP contribution in [-0.2, 0) is 4.79 Å². The lowest BCUT2D eigenvalue weighted by Gasteiger charge is -2.17. The molecule has 0 radical (unpaired) electrons. The number of ether oxygens (including phenoxy) is 1. The van der Waals surface area contributed by atoms with Gasteiger partial charge in [-0.3, -0.25) is 0 Å². The van der Waals surface area contributed by atoms with E-state index in [2.05, 4.69) is 0 Å². The number of anilines is 1. The highest BCUT2D eigenvalue weighted by molar-refractivity contribution is 5.73. The SMILES string of the molecule is COc1cc(N)ccc1C(O)C(O)C(=O)O. The van der Waals surface area contributed by atoms with Crippen LogP contribution in [0.4, 0.5) is 5.69 Å². The maximum Gasteiger partial charge on any atom is 0.335 e. The van der Waals surface area contributed by atoms with Crippen LogP contribution in [0.2, 0.25) is 0 Å². The van der Waals surface area contributed by atoms with Gasteiger partial charge in [-0.05, 0) is 6.07 Å². The van der Waals surface area contributed by atoms with Gasteiger partial charge in [-0.1, -0.05) is 6.07 Å². The normalized spacial score (nSPS) is 14.2. The quantitative estimate of drug-likeness (QED) is 0.528. The minimum atomic E-state index is -1.91. The van der Waals surface area contributed by atoms with Gasteiger partial charge in [0.1, 0.15) is 11.9 Å². The summed E-state index contributed by atoms with van der Waals surface area (Å²) in [7, 11) is 1.36. The molecule has 88 valence electrons. The molecule has 0 saturated heterocycles. The highest BCUT2D eigenvalue weighted by atomic mass is 16.5. The molecule has 0 saturated carbocycles. The van der Waals surface area contributed by atoms with Gasteiger partial charge < -0.3 is 25.8 Å². The van der Waals surface area contributed by atoms with Gasteiger partial charge in [0.25, 0.3) is 0 Å². The molecular weight excluding hydrogens is 214 g/mol. The lowest BCUT2D eigenvalue weighted by molar-refractivity contribution is -0.153. The summed E-state index contributed by atoms with van der Waals surface area (Å²) in [6.07, 6.45) is -3.47. The van der Waals surface area contributed by atoms with Crippen molar-refractivity contribution in [2.24, 2.45) is 0 Å². The summed E-state index contributed by atoms with van der Waals surface area (Å²) in [4.78, 5) is 10.5. The van der Waals surface area contributed by atoms with Crippen molar-refractivity contribution in [1.82, 2.24) is 0 Å². The fourth-order valence-corrected chi connectivity index (χ4v) is 1.28. The number of carboxylic acid groups (broad SMARTS) is 1. The van der Waals surface area contributed by atoms with Gasteiger partial charge in [-0.25, -0.2) is 4.79 Å². The van der Waals surface area contributed by atoms with Crippen LogP contribution in [0.5, 0.6) is 5.75 Å². The van der Waals surface area contributed by atoms with Crippen LogP contribution < -0.4 is 10.5 Å². The molecular formula is C10H13NO5. The topological polar surface area (TPSA) is 113 Å². The molecule has 0 aliphatic rings. The lowest BCUT2D eigenvalue weighted by Crippen LogP contribution is -2.27. The van der Waals surface area contributed by atoms with Crippen LogP contribution in [0.25, 0.3) is 0 Å². The Labute approximate surface area is 91.9 Å². The van der Waals surface area contributed by atoms with Crippen molar-refractivity contribution in [1.29, 1.82) is 0 Å². The van der Waals surface area contributed by atoms with E-state index in [4.69, 9.17) is 15.6 Å². The monoisotopic (exact) mass is 227 g/mol. The van der Waals surface area contributed by atoms with Crippen LogP contribution in [0, 0.1) is 0 Å². The molecule has 0 aromatic heterocycles. The van der Waals surface area contributed by atoms with E-state index in [1.165, 1.54) is 25.3 Å². The summed E-state index contributed by atoms with van der Waals surface area (Å²) in [5.74, 6) is -1.28. The number of aliphatic hydroxyl groups excluding tert-OH is 2. The number of hydrogen-bond donors (Lipinski definition) is 4. The molecule has 0 amide bonds. The largest absolute Gasteiger partial charge is 0.496 e. The third kappa shape index (κ3) is 2.41. The number of hydrogen-bond acceptors (Lipinski definition) is 5. The summed E-state index contributed by atoms with van der Waals surface area (Å²) >= 11 is 0. The van der Waals surface area contributed by atoms with Crippen molar-refractivity contribution in [2.45, 2.75) is 12.2 Å². The predicted molar refractivity (Wildman–Crippen MR) is 56.0 cm³/mol. The highest BCUT2D eigenvalue weighted by Crippen LogP contribution is 2.29. The van der Waals surface area contributed by atoms with Crippen LogP contribution in [0.1, 0.15) is 11.7 Å². The average molecular weight is 227 g/mol. The smallest absolute Gasteiger partial charge is 0.335 e. The van der Waals surface area contributed by atoms with Crippen molar-refractivity contribution in [2.75, 3.05) is 12.8 Å². The summed E-state index contributed by atoms with van der Waals surface area (Å²) in [6, 6.07) is 4.33. The first-order valence-electron chi connectivity index (χ1n) is 4.49.